The minimum atomic E-state index is -0.467. The van der Waals surface area contributed by atoms with Crippen molar-refractivity contribution in [3.05, 3.63) is 40.0 Å². The van der Waals surface area contributed by atoms with Crippen molar-refractivity contribution in [2.24, 2.45) is 0 Å². The number of ether oxygens (including phenoxy) is 1. The molecule has 1 saturated carbocycles. The molecule has 2 aromatic rings. The third-order valence-electron chi connectivity index (χ3n) is 3.57. The van der Waals surface area contributed by atoms with Gasteiger partial charge in [0.1, 0.15) is 5.75 Å². The van der Waals surface area contributed by atoms with Gasteiger partial charge < -0.3 is 19.9 Å². The Morgan fingerprint density at radius 2 is 1.96 bits per heavy atom. The normalized spacial score (nSPS) is 13.3. The van der Waals surface area contributed by atoms with Gasteiger partial charge in [0.2, 0.25) is 0 Å². The molecule has 1 aliphatic carbocycles. The van der Waals surface area contributed by atoms with E-state index in [1.807, 2.05) is 0 Å². The van der Waals surface area contributed by atoms with Crippen LogP contribution >= 0.6 is 23.2 Å². The summed E-state index contributed by atoms with van der Waals surface area (Å²) >= 11 is 11.7. The summed E-state index contributed by atoms with van der Waals surface area (Å²) < 4.78 is 10.2. The fraction of sp³-hybridized carbons (Fsp3) is 0.375. The summed E-state index contributed by atoms with van der Waals surface area (Å²) in [5.41, 5.74) is 0. The van der Waals surface area contributed by atoms with Crippen molar-refractivity contribution in [1.82, 2.24) is 20.8 Å². The van der Waals surface area contributed by atoms with Gasteiger partial charge in [-0.2, -0.15) is 4.98 Å². The molecule has 0 atom stereocenters. The second-order valence-electron chi connectivity index (χ2n) is 5.70. The Balaban J connectivity index is 1.32. The molecule has 8 nitrogen and oxygen atoms in total. The first-order chi connectivity index (χ1) is 12.5. The van der Waals surface area contributed by atoms with Gasteiger partial charge in [0.05, 0.1) is 10.0 Å². The van der Waals surface area contributed by atoms with Gasteiger partial charge >= 0.3 is 11.8 Å². The van der Waals surface area contributed by atoms with Gasteiger partial charge in [-0.25, -0.2) is 0 Å². The first-order valence-electron chi connectivity index (χ1n) is 7.99. The lowest BCUT2D eigenvalue weighted by Gasteiger charge is -2.08. The van der Waals surface area contributed by atoms with Crippen LogP contribution in [-0.2, 0) is 4.79 Å². The number of nitrogens with zero attached hydrogens (tertiary/aromatic N) is 2. The third kappa shape index (κ3) is 5.09. The maximum absolute atomic E-state index is 11.8. The minimum absolute atomic E-state index is 0.0684. The average Bonchev–Trinajstić information content (AvgIpc) is 3.36. The average molecular weight is 399 g/mol. The van der Waals surface area contributed by atoms with Crippen molar-refractivity contribution in [2.45, 2.75) is 18.8 Å². The molecule has 1 fully saturated rings. The molecule has 138 valence electrons. The van der Waals surface area contributed by atoms with Gasteiger partial charge in [0, 0.05) is 25.1 Å². The number of hydrogen-bond acceptors (Lipinski definition) is 6. The van der Waals surface area contributed by atoms with Crippen molar-refractivity contribution in [3.63, 3.8) is 0 Å². The largest absolute Gasteiger partial charge is 0.484 e. The molecule has 1 aromatic heterocycles. The lowest BCUT2D eigenvalue weighted by molar-refractivity contribution is -0.123. The predicted molar refractivity (Wildman–Crippen MR) is 93.6 cm³/mol. The summed E-state index contributed by atoms with van der Waals surface area (Å²) in [7, 11) is 0. The number of hydrogen-bond donors (Lipinski definition) is 2. The van der Waals surface area contributed by atoms with E-state index in [9.17, 15) is 9.59 Å². The summed E-state index contributed by atoms with van der Waals surface area (Å²) in [5, 5.41) is 9.73. The molecule has 10 heteroatoms. The van der Waals surface area contributed by atoms with Crippen molar-refractivity contribution in [3.8, 4) is 5.75 Å². The van der Waals surface area contributed by atoms with E-state index >= 15 is 0 Å². The van der Waals surface area contributed by atoms with E-state index < -0.39 is 5.91 Å². The Morgan fingerprint density at radius 1 is 1.19 bits per heavy atom. The first-order valence-corrected chi connectivity index (χ1v) is 8.75. The molecule has 0 spiro atoms. The monoisotopic (exact) mass is 398 g/mol. The Labute approximate surface area is 159 Å². The molecule has 1 aromatic carbocycles. The highest BCUT2D eigenvalue weighted by Gasteiger charge is 2.29. The quantitative estimate of drug-likeness (QED) is 0.659. The van der Waals surface area contributed by atoms with Crippen LogP contribution in [-0.4, -0.2) is 41.7 Å². The smallest absolute Gasteiger partial charge is 0.315 e. The van der Waals surface area contributed by atoms with Crippen LogP contribution in [0.2, 0.25) is 10.0 Å². The SMILES string of the molecule is O=C(COc1ccc(Cl)c(Cl)c1)NCCNC(=O)c1nc(C2CC2)no1. The van der Waals surface area contributed by atoms with Crippen molar-refractivity contribution < 1.29 is 18.8 Å². The lowest BCUT2D eigenvalue weighted by Crippen LogP contribution is -2.36. The van der Waals surface area contributed by atoms with Crippen molar-refractivity contribution >= 4 is 35.0 Å². The zero-order valence-electron chi connectivity index (χ0n) is 13.6. The molecule has 1 heterocycles. The van der Waals surface area contributed by atoms with E-state index in [2.05, 4.69) is 20.8 Å². The predicted octanol–water partition coefficient (Wildman–Crippen LogP) is 2.18. The molecule has 0 aliphatic heterocycles. The number of rotatable bonds is 8. The maximum Gasteiger partial charge on any atom is 0.315 e. The Morgan fingerprint density at radius 3 is 2.69 bits per heavy atom. The van der Waals surface area contributed by atoms with E-state index in [-0.39, 0.29) is 31.5 Å². The summed E-state index contributed by atoms with van der Waals surface area (Å²) in [6.07, 6.45) is 2.05. The van der Waals surface area contributed by atoms with Crippen LogP contribution in [0.15, 0.2) is 22.7 Å². The summed E-state index contributed by atoms with van der Waals surface area (Å²) in [4.78, 5) is 27.6. The van der Waals surface area contributed by atoms with Gasteiger partial charge in [0.15, 0.2) is 12.4 Å². The van der Waals surface area contributed by atoms with E-state index in [4.69, 9.17) is 32.5 Å². The molecule has 2 amide bonds. The zero-order valence-corrected chi connectivity index (χ0v) is 15.1. The standard InChI is InChI=1S/C16H16Cl2N4O4/c17-11-4-3-10(7-12(11)18)25-8-13(23)19-5-6-20-15(24)16-21-14(22-26-16)9-1-2-9/h3-4,7,9H,1-2,5-6,8H2,(H,19,23)(H,20,24). The molecular weight excluding hydrogens is 383 g/mol. The molecule has 26 heavy (non-hydrogen) atoms. The summed E-state index contributed by atoms with van der Waals surface area (Å²) in [5.74, 6) is 0.453. The molecule has 0 unspecified atom stereocenters. The molecule has 0 bridgehead atoms. The summed E-state index contributed by atoms with van der Waals surface area (Å²) in [6, 6.07) is 4.72. The van der Waals surface area contributed by atoms with Crippen molar-refractivity contribution in [1.29, 1.82) is 0 Å². The van der Waals surface area contributed by atoms with Gasteiger partial charge in [-0.15, -0.1) is 0 Å². The number of amides is 2. The Bertz CT molecular complexity index is 807. The molecule has 2 N–H and O–H groups in total. The van der Waals surface area contributed by atoms with E-state index in [1.54, 1.807) is 12.1 Å². The molecular formula is C16H16Cl2N4O4. The van der Waals surface area contributed by atoms with Crippen molar-refractivity contribution in [2.75, 3.05) is 19.7 Å². The van der Waals surface area contributed by atoms with Crippen LogP contribution in [0, 0.1) is 0 Å². The van der Waals surface area contributed by atoms with E-state index in [1.165, 1.54) is 6.07 Å². The number of aromatic nitrogens is 2. The summed E-state index contributed by atoms with van der Waals surface area (Å²) in [6.45, 7) is 0.276. The fourth-order valence-electron chi connectivity index (χ4n) is 2.05. The highest BCUT2D eigenvalue weighted by molar-refractivity contribution is 6.42. The minimum Gasteiger partial charge on any atom is -0.484 e. The maximum atomic E-state index is 11.8. The second kappa shape index (κ2) is 8.37. The number of benzene rings is 1. The molecule has 3 rings (SSSR count). The zero-order chi connectivity index (χ0) is 18.5. The second-order valence-corrected chi connectivity index (χ2v) is 6.52. The number of carbonyl (C=O) groups is 2. The van der Waals surface area contributed by atoms with E-state index in [0.29, 0.717) is 27.5 Å². The topological polar surface area (TPSA) is 106 Å². The van der Waals surface area contributed by atoms with Gasteiger partial charge in [-0.05, 0) is 25.0 Å². The Hall–Kier alpha value is -2.32. The number of halogens is 2. The molecule has 1 aliphatic rings. The molecule has 0 radical (unpaired) electrons. The van der Waals surface area contributed by atoms with Crippen LogP contribution in [0.3, 0.4) is 0 Å². The van der Waals surface area contributed by atoms with Crippen LogP contribution in [0.1, 0.15) is 35.3 Å². The van der Waals surface area contributed by atoms with Gasteiger partial charge in [0.25, 0.3) is 5.91 Å². The fourth-order valence-corrected chi connectivity index (χ4v) is 2.34. The molecule has 0 saturated heterocycles. The third-order valence-corrected chi connectivity index (χ3v) is 4.31. The highest BCUT2D eigenvalue weighted by Crippen LogP contribution is 2.38. The van der Waals surface area contributed by atoms with Gasteiger partial charge in [-0.3, -0.25) is 9.59 Å². The van der Waals surface area contributed by atoms with Gasteiger partial charge in [-0.1, -0.05) is 28.4 Å². The van der Waals surface area contributed by atoms with Crippen LogP contribution in [0.5, 0.6) is 5.75 Å². The first kappa shape index (κ1) is 18.5. The van der Waals surface area contributed by atoms with Crippen LogP contribution in [0.25, 0.3) is 0 Å². The highest BCUT2D eigenvalue weighted by atomic mass is 35.5. The Kier molecular flexibility index (Phi) is 5.95. The number of nitrogens with one attached hydrogen (secondary N) is 2. The van der Waals surface area contributed by atoms with Crippen LogP contribution < -0.4 is 15.4 Å². The lowest BCUT2D eigenvalue weighted by atomic mass is 10.3. The number of carbonyl (C=O) groups excluding carboxylic acids is 2. The van der Waals surface area contributed by atoms with Crippen LogP contribution in [0.4, 0.5) is 0 Å². The van der Waals surface area contributed by atoms with E-state index in [0.717, 1.165) is 12.8 Å².